The highest BCUT2D eigenvalue weighted by Crippen LogP contribution is 2.16. The molecular formula is C12H15ClN2O2. The quantitative estimate of drug-likeness (QED) is 0.844. The highest BCUT2D eigenvalue weighted by atomic mass is 35.5. The molecule has 1 amide bonds. The number of carbonyl (C=O) groups excluding carboxylic acids is 1. The minimum absolute atomic E-state index is 0.0444. The van der Waals surface area contributed by atoms with Gasteiger partial charge in [0.15, 0.2) is 0 Å². The van der Waals surface area contributed by atoms with Crippen molar-refractivity contribution in [2.24, 2.45) is 0 Å². The van der Waals surface area contributed by atoms with E-state index in [0.717, 1.165) is 25.9 Å². The van der Waals surface area contributed by atoms with Crippen LogP contribution in [0.4, 0.5) is 5.82 Å². The highest BCUT2D eigenvalue weighted by Gasteiger charge is 2.17. The second-order valence-corrected chi connectivity index (χ2v) is 4.47. The Balaban J connectivity index is 1.84. The molecule has 1 saturated heterocycles. The summed E-state index contributed by atoms with van der Waals surface area (Å²) >= 11 is 5.73. The summed E-state index contributed by atoms with van der Waals surface area (Å²) in [6, 6.07) is 5.13. The van der Waals surface area contributed by atoms with Crippen molar-refractivity contribution in [1.29, 1.82) is 0 Å². The van der Waals surface area contributed by atoms with E-state index in [2.05, 4.69) is 10.3 Å². The number of rotatable bonds is 3. The number of pyridine rings is 1. The van der Waals surface area contributed by atoms with Gasteiger partial charge >= 0.3 is 0 Å². The second kappa shape index (κ2) is 5.98. The van der Waals surface area contributed by atoms with Crippen LogP contribution in [0.1, 0.15) is 25.7 Å². The number of nitrogens with zero attached hydrogens (tertiary/aromatic N) is 1. The summed E-state index contributed by atoms with van der Waals surface area (Å²) in [6.07, 6.45) is 3.61. The zero-order chi connectivity index (χ0) is 12.1. The highest BCUT2D eigenvalue weighted by molar-refractivity contribution is 6.29. The Morgan fingerprint density at radius 1 is 1.53 bits per heavy atom. The van der Waals surface area contributed by atoms with E-state index in [-0.39, 0.29) is 12.0 Å². The van der Waals surface area contributed by atoms with Gasteiger partial charge in [0.2, 0.25) is 5.91 Å². The van der Waals surface area contributed by atoms with E-state index in [1.165, 1.54) is 0 Å². The third kappa shape index (κ3) is 3.98. The summed E-state index contributed by atoms with van der Waals surface area (Å²) in [6.45, 7) is 0.757. The SMILES string of the molecule is O=C(CC1CCCCO1)Nc1cccc(Cl)n1. The largest absolute Gasteiger partial charge is 0.378 e. The summed E-state index contributed by atoms with van der Waals surface area (Å²) in [5.41, 5.74) is 0. The molecule has 0 radical (unpaired) electrons. The Bertz CT molecular complexity index is 392. The number of halogens is 1. The maximum atomic E-state index is 11.7. The number of nitrogens with one attached hydrogen (secondary N) is 1. The second-order valence-electron chi connectivity index (χ2n) is 4.09. The molecule has 0 bridgehead atoms. The molecule has 1 unspecified atom stereocenters. The van der Waals surface area contributed by atoms with E-state index in [1.807, 2.05) is 0 Å². The molecule has 92 valence electrons. The van der Waals surface area contributed by atoms with Crippen molar-refractivity contribution in [3.8, 4) is 0 Å². The lowest BCUT2D eigenvalue weighted by molar-refractivity contribution is -0.119. The molecule has 0 aromatic carbocycles. The molecule has 2 heterocycles. The molecule has 0 spiro atoms. The van der Waals surface area contributed by atoms with E-state index in [9.17, 15) is 4.79 Å². The van der Waals surface area contributed by atoms with Crippen LogP contribution >= 0.6 is 11.6 Å². The van der Waals surface area contributed by atoms with E-state index in [4.69, 9.17) is 16.3 Å². The molecule has 1 fully saturated rings. The summed E-state index contributed by atoms with van der Waals surface area (Å²) in [5, 5.41) is 3.09. The lowest BCUT2D eigenvalue weighted by Gasteiger charge is -2.21. The van der Waals surface area contributed by atoms with Crippen LogP contribution in [0.2, 0.25) is 5.15 Å². The van der Waals surface area contributed by atoms with Crippen LogP contribution in [0.25, 0.3) is 0 Å². The number of aromatic nitrogens is 1. The molecule has 1 aliphatic rings. The Morgan fingerprint density at radius 2 is 2.41 bits per heavy atom. The Kier molecular flexibility index (Phi) is 4.34. The van der Waals surface area contributed by atoms with Crippen molar-refractivity contribution in [3.05, 3.63) is 23.4 Å². The lowest BCUT2D eigenvalue weighted by atomic mass is 10.1. The first kappa shape index (κ1) is 12.3. The van der Waals surface area contributed by atoms with E-state index < -0.39 is 0 Å². The molecule has 0 aliphatic carbocycles. The molecule has 17 heavy (non-hydrogen) atoms. The van der Waals surface area contributed by atoms with Crippen LogP contribution in [0.3, 0.4) is 0 Å². The average Bonchev–Trinajstić information content (AvgIpc) is 2.30. The first-order valence-electron chi connectivity index (χ1n) is 5.78. The smallest absolute Gasteiger partial charge is 0.228 e. The standard InChI is InChI=1S/C12H15ClN2O2/c13-10-5-3-6-11(14-10)15-12(16)8-9-4-1-2-7-17-9/h3,5-6,9H,1-2,4,7-8H2,(H,14,15,16). The Hall–Kier alpha value is -1.13. The van der Waals surface area contributed by atoms with Gasteiger partial charge in [-0.2, -0.15) is 0 Å². The predicted octanol–water partition coefficient (Wildman–Crippen LogP) is 2.63. The zero-order valence-corrected chi connectivity index (χ0v) is 10.2. The van der Waals surface area contributed by atoms with Crippen molar-refractivity contribution in [1.82, 2.24) is 4.98 Å². The number of amides is 1. The monoisotopic (exact) mass is 254 g/mol. The van der Waals surface area contributed by atoms with Gasteiger partial charge in [0.05, 0.1) is 12.5 Å². The topological polar surface area (TPSA) is 51.2 Å². The fraction of sp³-hybridized carbons (Fsp3) is 0.500. The van der Waals surface area contributed by atoms with Crippen molar-refractivity contribution >= 4 is 23.3 Å². The van der Waals surface area contributed by atoms with Gasteiger partial charge in [-0.25, -0.2) is 4.98 Å². The first-order chi connectivity index (χ1) is 8.24. The van der Waals surface area contributed by atoms with Gasteiger partial charge in [-0.3, -0.25) is 4.79 Å². The van der Waals surface area contributed by atoms with E-state index in [1.54, 1.807) is 18.2 Å². The van der Waals surface area contributed by atoms with Crippen LogP contribution in [-0.2, 0) is 9.53 Å². The van der Waals surface area contributed by atoms with E-state index in [0.29, 0.717) is 17.4 Å². The van der Waals surface area contributed by atoms with Gasteiger partial charge in [-0.15, -0.1) is 0 Å². The van der Waals surface area contributed by atoms with Crippen molar-refractivity contribution < 1.29 is 9.53 Å². The third-order valence-electron chi connectivity index (χ3n) is 2.67. The summed E-state index contributed by atoms with van der Waals surface area (Å²) in [4.78, 5) is 15.7. The van der Waals surface area contributed by atoms with E-state index >= 15 is 0 Å². The summed E-state index contributed by atoms with van der Waals surface area (Å²) < 4.78 is 5.50. The fourth-order valence-corrected chi connectivity index (χ4v) is 2.01. The molecule has 1 atom stereocenters. The Morgan fingerprint density at radius 3 is 3.12 bits per heavy atom. The molecule has 1 N–H and O–H groups in total. The van der Waals surface area contributed by atoms with Gasteiger partial charge in [-0.1, -0.05) is 17.7 Å². The van der Waals surface area contributed by atoms with Gasteiger partial charge in [-0.05, 0) is 31.4 Å². The molecule has 1 aromatic heterocycles. The molecule has 1 aliphatic heterocycles. The average molecular weight is 255 g/mol. The van der Waals surface area contributed by atoms with Crippen LogP contribution in [0, 0.1) is 0 Å². The van der Waals surface area contributed by atoms with Crippen LogP contribution < -0.4 is 5.32 Å². The number of ether oxygens (including phenoxy) is 1. The fourth-order valence-electron chi connectivity index (χ4n) is 1.85. The molecule has 5 heteroatoms. The third-order valence-corrected chi connectivity index (χ3v) is 2.88. The van der Waals surface area contributed by atoms with Crippen LogP contribution in [-0.4, -0.2) is 23.6 Å². The van der Waals surface area contributed by atoms with Gasteiger partial charge in [0, 0.05) is 6.61 Å². The molecule has 4 nitrogen and oxygen atoms in total. The first-order valence-corrected chi connectivity index (χ1v) is 6.16. The lowest BCUT2D eigenvalue weighted by Crippen LogP contribution is -2.25. The number of carbonyl (C=O) groups is 1. The maximum absolute atomic E-state index is 11.7. The molecular weight excluding hydrogens is 240 g/mol. The minimum Gasteiger partial charge on any atom is -0.378 e. The number of hydrogen-bond acceptors (Lipinski definition) is 3. The van der Waals surface area contributed by atoms with Crippen molar-refractivity contribution in [2.45, 2.75) is 31.8 Å². The zero-order valence-electron chi connectivity index (χ0n) is 9.49. The predicted molar refractivity (Wildman–Crippen MR) is 66.1 cm³/mol. The minimum atomic E-state index is -0.0772. The van der Waals surface area contributed by atoms with Gasteiger partial charge < -0.3 is 10.1 Å². The van der Waals surface area contributed by atoms with Gasteiger partial charge in [0.1, 0.15) is 11.0 Å². The van der Waals surface area contributed by atoms with Crippen molar-refractivity contribution in [3.63, 3.8) is 0 Å². The number of anilines is 1. The van der Waals surface area contributed by atoms with Crippen LogP contribution in [0.15, 0.2) is 18.2 Å². The van der Waals surface area contributed by atoms with Crippen molar-refractivity contribution in [2.75, 3.05) is 11.9 Å². The summed E-state index contributed by atoms with van der Waals surface area (Å²) in [5.74, 6) is 0.407. The number of hydrogen-bond donors (Lipinski definition) is 1. The van der Waals surface area contributed by atoms with Gasteiger partial charge in [0.25, 0.3) is 0 Å². The molecule has 0 saturated carbocycles. The normalized spacial score (nSPS) is 19.9. The Labute approximate surface area is 105 Å². The molecule has 2 rings (SSSR count). The van der Waals surface area contributed by atoms with Crippen LogP contribution in [0.5, 0.6) is 0 Å². The molecule has 1 aromatic rings. The summed E-state index contributed by atoms with van der Waals surface area (Å²) in [7, 11) is 0. The maximum Gasteiger partial charge on any atom is 0.228 e.